The molecule has 1 N–H and O–H groups in total. The number of nitrogens with zero attached hydrogens (tertiary/aromatic N) is 3. The first-order valence-electron chi connectivity index (χ1n) is 8.00. The van der Waals surface area contributed by atoms with Crippen molar-refractivity contribution >= 4 is 40.6 Å². The molecule has 1 saturated heterocycles. The van der Waals surface area contributed by atoms with Crippen LogP contribution < -0.4 is 10.3 Å². The fraction of sp³-hybridized carbons (Fsp3) is 0.353. The lowest BCUT2D eigenvalue weighted by Gasteiger charge is -2.34. The Labute approximate surface area is 149 Å². The summed E-state index contributed by atoms with van der Waals surface area (Å²) in [6.45, 7) is 4.91. The molecule has 1 amide bonds. The highest BCUT2D eigenvalue weighted by Gasteiger charge is 2.21. The van der Waals surface area contributed by atoms with Gasteiger partial charge in [-0.2, -0.15) is 0 Å². The van der Waals surface area contributed by atoms with Crippen molar-refractivity contribution in [1.82, 2.24) is 9.47 Å². The molecule has 7 nitrogen and oxygen atoms in total. The van der Waals surface area contributed by atoms with Gasteiger partial charge in [0.05, 0.1) is 16.2 Å². The standard InChI is InChI=1S/C17H18ClN3O4/c1-2-20-9-12(17(24)25)16(23)11-7-13(18)15(8-14(11)20)21-5-3-19(10-22)4-6-21/h7-10H,2-6H2,1H3,(H,24,25). The van der Waals surface area contributed by atoms with Crippen LogP contribution in [-0.4, -0.2) is 53.1 Å². The second-order valence-corrected chi connectivity index (χ2v) is 6.32. The minimum Gasteiger partial charge on any atom is -0.477 e. The van der Waals surface area contributed by atoms with Gasteiger partial charge in [0.25, 0.3) is 0 Å². The lowest BCUT2D eigenvalue weighted by molar-refractivity contribution is -0.118. The van der Waals surface area contributed by atoms with Crippen LogP contribution in [0.2, 0.25) is 5.02 Å². The van der Waals surface area contributed by atoms with Crippen LogP contribution in [-0.2, 0) is 11.3 Å². The zero-order valence-corrected chi connectivity index (χ0v) is 14.5. The predicted molar refractivity (Wildman–Crippen MR) is 95.7 cm³/mol. The van der Waals surface area contributed by atoms with E-state index in [1.54, 1.807) is 15.5 Å². The van der Waals surface area contributed by atoms with Crippen molar-refractivity contribution in [2.24, 2.45) is 0 Å². The summed E-state index contributed by atoms with van der Waals surface area (Å²) < 4.78 is 1.74. The predicted octanol–water partition coefficient (Wildman–Crippen LogP) is 1.65. The second kappa shape index (κ2) is 6.76. The Morgan fingerprint density at radius 1 is 1.28 bits per heavy atom. The molecule has 1 aromatic carbocycles. The molecule has 132 valence electrons. The van der Waals surface area contributed by atoms with Crippen molar-refractivity contribution in [1.29, 1.82) is 0 Å². The van der Waals surface area contributed by atoms with Crippen molar-refractivity contribution in [3.63, 3.8) is 0 Å². The van der Waals surface area contributed by atoms with Gasteiger partial charge in [-0.05, 0) is 19.1 Å². The van der Waals surface area contributed by atoms with Gasteiger partial charge in [-0.25, -0.2) is 4.79 Å². The molecule has 0 saturated carbocycles. The first-order valence-corrected chi connectivity index (χ1v) is 8.38. The van der Waals surface area contributed by atoms with Gasteiger partial charge in [0.15, 0.2) is 0 Å². The number of anilines is 1. The summed E-state index contributed by atoms with van der Waals surface area (Å²) in [7, 11) is 0. The average Bonchev–Trinajstić information content (AvgIpc) is 2.62. The minimum absolute atomic E-state index is 0.266. The van der Waals surface area contributed by atoms with Gasteiger partial charge in [0.1, 0.15) is 5.56 Å². The highest BCUT2D eigenvalue weighted by atomic mass is 35.5. The van der Waals surface area contributed by atoms with Crippen LogP contribution in [0.15, 0.2) is 23.1 Å². The molecule has 0 atom stereocenters. The Bertz CT molecular complexity index is 901. The van der Waals surface area contributed by atoms with E-state index in [9.17, 15) is 19.5 Å². The molecule has 8 heteroatoms. The lowest BCUT2D eigenvalue weighted by Crippen LogP contribution is -2.45. The maximum absolute atomic E-state index is 12.4. The first-order chi connectivity index (χ1) is 12.0. The molecule has 0 aliphatic carbocycles. The number of benzene rings is 1. The highest BCUT2D eigenvalue weighted by Crippen LogP contribution is 2.31. The van der Waals surface area contributed by atoms with E-state index >= 15 is 0 Å². The highest BCUT2D eigenvalue weighted by molar-refractivity contribution is 6.34. The molecule has 0 radical (unpaired) electrons. The zero-order chi connectivity index (χ0) is 18.1. The van der Waals surface area contributed by atoms with E-state index < -0.39 is 11.4 Å². The largest absolute Gasteiger partial charge is 0.477 e. The van der Waals surface area contributed by atoms with Gasteiger partial charge in [-0.15, -0.1) is 0 Å². The van der Waals surface area contributed by atoms with Crippen molar-refractivity contribution in [3.05, 3.63) is 39.1 Å². The number of hydrogen-bond acceptors (Lipinski definition) is 4. The number of piperazine rings is 1. The van der Waals surface area contributed by atoms with Gasteiger partial charge in [0, 0.05) is 44.3 Å². The Hall–Kier alpha value is -2.54. The number of carbonyl (C=O) groups excluding carboxylic acids is 1. The summed E-state index contributed by atoms with van der Waals surface area (Å²) in [6, 6.07) is 3.37. The molecule has 0 unspecified atom stereocenters. The van der Waals surface area contributed by atoms with Gasteiger partial charge in [-0.3, -0.25) is 9.59 Å². The number of carbonyl (C=O) groups is 2. The minimum atomic E-state index is -1.25. The van der Waals surface area contributed by atoms with E-state index in [4.69, 9.17) is 11.6 Å². The number of halogens is 1. The number of aromatic carboxylic acids is 1. The zero-order valence-electron chi connectivity index (χ0n) is 13.7. The molecule has 2 aromatic rings. The van der Waals surface area contributed by atoms with Gasteiger partial charge >= 0.3 is 5.97 Å². The van der Waals surface area contributed by atoms with E-state index in [0.29, 0.717) is 48.6 Å². The quantitative estimate of drug-likeness (QED) is 0.835. The third-order valence-electron chi connectivity index (χ3n) is 4.52. The summed E-state index contributed by atoms with van der Waals surface area (Å²) in [4.78, 5) is 38.4. The van der Waals surface area contributed by atoms with E-state index in [2.05, 4.69) is 4.90 Å². The Morgan fingerprint density at radius 3 is 2.52 bits per heavy atom. The van der Waals surface area contributed by atoms with Crippen molar-refractivity contribution in [3.8, 4) is 0 Å². The number of carboxylic acid groups (broad SMARTS) is 1. The maximum atomic E-state index is 12.4. The third kappa shape index (κ3) is 3.07. The molecule has 25 heavy (non-hydrogen) atoms. The molecule has 0 bridgehead atoms. The molecule has 1 aliphatic rings. The molecule has 1 fully saturated rings. The first kappa shape index (κ1) is 17.3. The summed E-state index contributed by atoms with van der Waals surface area (Å²) >= 11 is 6.39. The van der Waals surface area contributed by atoms with E-state index in [-0.39, 0.29) is 5.56 Å². The normalized spacial score (nSPS) is 14.8. The van der Waals surface area contributed by atoms with Crippen LogP contribution in [0.4, 0.5) is 5.69 Å². The monoisotopic (exact) mass is 363 g/mol. The van der Waals surface area contributed by atoms with Crippen LogP contribution in [0.1, 0.15) is 17.3 Å². The fourth-order valence-corrected chi connectivity index (χ4v) is 3.41. The van der Waals surface area contributed by atoms with Crippen LogP contribution in [0.3, 0.4) is 0 Å². The molecule has 2 heterocycles. The Kier molecular flexibility index (Phi) is 4.67. The van der Waals surface area contributed by atoms with Gasteiger partial charge in [-0.1, -0.05) is 11.6 Å². The summed E-state index contributed by atoms with van der Waals surface area (Å²) in [6.07, 6.45) is 2.20. The van der Waals surface area contributed by atoms with Crippen LogP contribution in [0.5, 0.6) is 0 Å². The average molecular weight is 364 g/mol. The second-order valence-electron chi connectivity index (χ2n) is 5.91. The van der Waals surface area contributed by atoms with Gasteiger partial charge < -0.3 is 19.5 Å². The SMILES string of the molecule is CCn1cc(C(=O)O)c(=O)c2cc(Cl)c(N3CCN(C=O)CC3)cc21. The molecule has 3 rings (SSSR count). The number of carboxylic acids is 1. The molecule has 1 aliphatic heterocycles. The number of hydrogen-bond donors (Lipinski definition) is 1. The van der Waals surface area contributed by atoms with E-state index in [1.807, 2.05) is 13.0 Å². The number of fused-ring (bicyclic) bond motifs is 1. The van der Waals surface area contributed by atoms with Crippen molar-refractivity contribution in [2.75, 3.05) is 31.1 Å². The summed E-state index contributed by atoms with van der Waals surface area (Å²) in [5, 5.41) is 9.92. The number of aromatic nitrogens is 1. The van der Waals surface area contributed by atoms with Gasteiger partial charge in [0.2, 0.25) is 11.8 Å². The number of aryl methyl sites for hydroxylation is 1. The lowest BCUT2D eigenvalue weighted by atomic mass is 10.1. The van der Waals surface area contributed by atoms with Crippen LogP contribution in [0.25, 0.3) is 10.9 Å². The summed E-state index contributed by atoms with van der Waals surface area (Å²) in [5.74, 6) is -1.25. The van der Waals surface area contributed by atoms with Crippen molar-refractivity contribution < 1.29 is 14.7 Å². The summed E-state index contributed by atoms with van der Waals surface area (Å²) in [5.41, 5.74) is 0.628. The molecule has 1 aromatic heterocycles. The fourth-order valence-electron chi connectivity index (χ4n) is 3.12. The number of pyridine rings is 1. The van der Waals surface area contributed by atoms with Crippen LogP contribution >= 0.6 is 11.6 Å². The smallest absolute Gasteiger partial charge is 0.341 e. The number of rotatable bonds is 4. The topological polar surface area (TPSA) is 82.8 Å². The Balaban J connectivity index is 2.13. The van der Waals surface area contributed by atoms with Crippen molar-refractivity contribution in [2.45, 2.75) is 13.5 Å². The van der Waals surface area contributed by atoms with Crippen LogP contribution in [0, 0.1) is 0 Å². The van der Waals surface area contributed by atoms with E-state index in [1.165, 1.54) is 6.20 Å². The maximum Gasteiger partial charge on any atom is 0.341 e. The number of amides is 1. The molecular formula is C17H18ClN3O4. The molecule has 0 spiro atoms. The Morgan fingerprint density at radius 2 is 1.96 bits per heavy atom. The third-order valence-corrected chi connectivity index (χ3v) is 4.83. The van der Waals surface area contributed by atoms with E-state index in [0.717, 1.165) is 12.1 Å². The molecular weight excluding hydrogens is 346 g/mol.